The second-order valence-electron chi connectivity index (χ2n) is 11.7. The Kier molecular flexibility index (Phi) is 6.85. The van der Waals surface area contributed by atoms with Crippen LogP contribution >= 0.6 is 0 Å². The summed E-state index contributed by atoms with van der Waals surface area (Å²) in [5.74, 6) is -2.40. The summed E-state index contributed by atoms with van der Waals surface area (Å²) in [6.45, 7) is 5.83. The standard InChI is InChI=1S/C33H34N4O5/c1-19(2)17-25-28-29(31(40)37(30(28)39)22-13-15-23(42-4)16-14-22)33(35-25)24-7-5-6-8-26(24)36(32(33)41)18-27(38)34-21-11-9-20(3)10-12-21/h5-16,19,25,28-29,35H,17-18H2,1-4H3,(H,34,38). The van der Waals surface area contributed by atoms with E-state index in [2.05, 4.69) is 24.5 Å². The van der Waals surface area contributed by atoms with Gasteiger partial charge in [0, 0.05) is 23.0 Å². The second kappa shape index (κ2) is 10.4. The maximum Gasteiger partial charge on any atom is 0.253 e. The predicted octanol–water partition coefficient (Wildman–Crippen LogP) is 4.01. The van der Waals surface area contributed by atoms with Gasteiger partial charge in [-0.25, -0.2) is 4.90 Å². The zero-order valence-corrected chi connectivity index (χ0v) is 24.1. The number of nitrogens with one attached hydrogen (secondary N) is 2. The van der Waals surface area contributed by atoms with Crippen LogP contribution in [0.25, 0.3) is 0 Å². The van der Waals surface area contributed by atoms with Gasteiger partial charge in [-0.15, -0.1) is 0 Å². The molecule has 0 radical (unpaired) electrons. The highest BCUT2D eigenvalue weighted by atomic mass is 16.5. The molecule has 2 saturated heterocycles. The van der Waals surface area contributed by atoms with Gasteiger partial charge >= 0.3 is 0 Å². The van der Waals surface area contributed by atoms with Gasteiger partial charge in [-0.2, -0.15) is 0 Å². The summed E-state index contributed by atoms with van der Waals surface area (Å²) in [6, 6.07) is 21.0. The summed E-state index contributed by atoms with van der Waals surface area (Å²) in [7, 11) is 1.55. The van der Waals surface area contributed by atoms with E-state index >= 15 is 0 Å². The lowest BCUT2D eigenvalue weighted by molar-refractivity contribution is -0.132. The number of imide groups is 1. The number of carbonyl (C=O) groups excluding carboxylic acids is 4. The van der Waals surface area contributed by atoms with Gasteiger partial charge in [-0.3, -0.25) is 24.5 Å². The van der Waals surface area contributed by atoms with Crippen molar-refractivity contribution in [3.05, 3.63) is 83.9 Å². The predicted molar refractivity (Wildman–Crippen MR) is 159 cm³/mol. The Morgan fingerprint density at radius 3 is 2.33 bits per heavy atom. The molecule has 0 bridgehead atoms. The van der Waals surface area contributed by atoms with Crippen LogP contribution in [0.1, 0.15) is 31.4 Å². The van der Waals surface area contributed by atoms with Crippen molar-refractivity contribution >= 4 is 40.7 Å². The lowest BCUT2D eigenvalue weighted by Crippen LogP contribution is -2.56. The Balaban J connectivity index is 1.39. The molecule has 2 N–H and O–H groups in total. The molecule has 0 aliphatic carbocycles. The van der Waals surface area contributed by atoms with Crippen LogP contribution < -0.4 is 25.2 Å². The van der Waals surface area contributed by atoms with Crippen molar-refractivity contribution in [3.8, 4) is 5.75 Å². The van der Waals surface area contributed by atoms with Gasteiger partial charge in [0.2, 0.25) is 17.7 Å². The molecule has 9 heteroatoms. The second-order valence-corrected chi connectivity index (χ2v) is 11.7. The van der Waals surface area contributed by atoms with Crippen LogP contribution in [0.3, 0.4) is 0 Å². The molecule has 4 unspecified atom stereocenters. The van der Waals surface area contributed by atoms with E-state index in [1.54, 1.807) is 43.5 Å². The molecular formula is C33H34N4O5. The molecular weight excluding hydrogens is 532 g/mol. The third-order valence-corrected chi connectivity index (χ3v) is 8.56. The molecule has 3 aliphatic rings. The molecule has 4 atom stereocenters. The quantitative estimate of drug-likeness (QED) is 0.419. The minimum atomic E-state index is -1.47. The van der Waals surface area contributed by atoms with Gasteiger partial charge in [0.1, 0.15) is 17.8 Å². The van der Waals surface area contributed by atoms with Gasteiger partial charge < -0.3 is 15.0 Å². The van der Waals surface area contributed by atoms with Gasteiger partial charge in [-0.05, 0) is 61.7 Å². The minimum absolute atomic E-state index is 0.208. The average Bonchev–Trinajstić information content (AvgIpc) is 3.53. The Morgan fingerprint density at radius 1 is 0.976 bits per heavy atom. The van der Waals surface area contributed by atoms with Crippen molar-refractivity contribution in [2.24, 2.45) is 17.8 Å². The van der Waals surface area contributed by atoms with E-state index in [-0.39, 0.29) is 24.3 Å². The van der Waals surface area contributed by atoms with E-state index in [1.165, 1.54) is 9.80 Å². The van der Waals surface area contributed by atoms with E-state index in [0.29, 0.717) is 34.8 Å². The summed E-state index contributed by atoms with van der Waals surface area (Å²) < 4.78 is 5.26. The highest BCUT2D eigenvalue weighted by Gasteiger charge is 2.71. The third kappa shape index (κ3) is 4.27. The maximum atomic E-state index is 14.6. The number of fused-ring (bicyclic) bond motifs is 4. The molecule has 9 nitrogen and oxygen atoms in total. The van der Waals surface area contributed by atoms with Crippen LogP contribution in [0.15, 0.2) is 72.8 Å². The monoisotopic (exact) mass is 566 g/mol. The smallest absolute Gasteiger partial charge is 0.253 e. The lowest BCUT2D eigenvalue weighted by Gasteiger charge is -2.31. The molecule has 0 aromatic heterocycles. The summed E-state index contributed by atoms with van der Waals surface area (Å²) in [4.78, 5) is 58.7. The van der Waals surface area contributed by atoms with Crippen molar-refractivity contribution < 1.29 is 23.9 Å². The highest BCUT2D eigenvalue weighted by molar-refractivity contribution is 6.26. The summed E-state index contributed by atoms with van der Waals surface area (Å²) in [5.41, 5.74) is 1.82. The first-order valence-electron chi connectivity index (χ1n) is 14.2. The number of ether oxygens (including phenoxy) is 1. The molecule has 42 heavy (non-hydrogen) atoms. The van der Waals surface area contributed by atoms with E-state index in [9.17, 15) is 19.2 Å². The van der Waals surface area contributed by atoms with Crippen LogP contribution in [-0.4, -0.2) is 43.3 Å². The number of benzene rings is 3. The normalized spacial score (nSPS) is 24.5. The largest absolute Gasteiger partial charge is 0.497 e. The number of carbonyl (C=O) groups is 4. The number of hydrogen-bond donors (Lipinski definition) is 2. The van der Waals surface area contributed by atoms with Crippen molar-refractivity contribution in [1.82, 2.24) is 5.32 Å². The number of methoxy groups -OCH3 is 1. The molecule has 216 valence electrons. The molecule has 4 amide bonds. The first-order valence-corrected chi connectivity index (χ1v) is 14.2. The van der Waals surface area contributed by atoms with Crippen molar-refractivity contribution in [1.29, 1.82) is 0 Å². The minimum Gasteiger partial charge on any atom is -0.497 e. The third-order valence-electron chi connectivity index (χ3n) is 8.56. The number of aryl methyl sites for hydroxylation is 1. The fraction of sp³-hybridized carbons (Fsp3) is 0.333. The summed E-state index contributed by atoms with van der Waals surface area (Å²) >= 11 is 0. The fourth-order valence-electron chi connectivity index (χ4n) is 6.78. The van der Waals surface area contributed by atoms with E-state index < -0.39 is 35.2 Å². The molecule has 3 aromatic carbocycles. The Labute approximate surface area is 244 Å². The number of anilines is 3. The van der Waals surface area contributed by atoms with Crippen LogP contribution in [0.5, 0.6) is 5.75 Å². The van der Waals surface area contributed by atoms with Crippen LogP contribution in [-0.2, 0) is 24.7 Å². The van der Waals surface area contributed by atoms with E-state index in [1.807, 2.05) is 43.3 Å². The number of para-hydroxylation sites is 1. The number of amides is 4. The Bertz CT molecular complexity index is 1570. The van der Waals surface area contributed by atoms with E-state index in [0.717, 1.165) is 5.56 Å². The van der Waals surface area contributed by atoms with Crippen molar-refractivity contribution in [2.45, 2.75) is 38.8 Å². The molecule has 3 aliphatic heterocycles. The topological polar surface area (TPSA) is 108 Å². The van der Waals surface area contributed by atoms with Crippen LogP contribution in [0.4, 0.5) is 17.1 Å². The lowest BCUT2D eigenvalue weighted by atomic mass is 9.76. The molecule has 1 spiro atoms. The highest BCUT2D eigenvalue weighted by Crippen LogP contribution is 2.55. The maximum absolute atomic E-state index is 14.6. The van der Waals surface area contributed by atoms with Crippen LogP contribution in [0, 0.1) is 24.7 Å². The number of rotatable bonds is 7. The molecule has 3 heterocycles. The summed E-state index contributed by atoms with van der Waals surface area (Å²) in [6.07, 6.45) is 0.599. The first kappa shape index (κ1) is 27.7. The zero-order chi connectivity index (χ0) is 29.8. The Morgan fingerprint density at radius 2 is 1.67 bits per heavy atom. The molecule has 3 aromatic rings. The van der Waals surface area contributed by atoms with Gasteiger partial charge in [-0.1, -0.05) is 49.7 Å². The zero-order valence-electron chi connectivity index (χ0n) is 24.1. The molecule has 2 fully saturated rings. The molecule has 0 saturated carbocycles. The van der Waals surface area contributed by atoms with E-state index in [4.69, 9.17) is 4.74 Å². The van der Waals surface area contributed by atoms with Crippen LogP contribution in [0.2, 0.25) is 0 Å². The number of nitrogens with zero attached hydrogens (tertiary/aromatic N) is 2. The average molecular weight is 567 g/mol. The fourth-order valence-corrected chi connectivity index (χ4v) is 6.78. The van der Waals surface area contributed by atoms with Gasteiger partial charge in [0.15, 0.2) is 0 Å². The van der Waals surface area contributed by atoms with Gasteiger partial charge in [0.05, 0.1) is 24.6 Å². The molecule has 6 rings (SSSR count). The number of hydrogen-bond acceptors (Lipinski definition) is 6. The van der Waals surface area contributed by atoms with Crippen molar-refractivity contribution in [3.63, 3.8) is 0 Å². The summed E-state index contributed by atoms with van der Waals surface area (Å²) in [5, 5.41) is 6.37. The van der Waals surface area contributed by atoms with Gasteiger partial charge in [0.25, 0.3) is 5.91 Å². The SMILES string of the molecule is COc1ccc(N2C(=O)C3C(CC(C)C)NC4(C(=O)N(CC(=O)Nc5ccc(C)cc5)c5ccccc54)C3C2=O)cc1. The Hall–Kier alpha value is -4.50. The van der Waals surface area contributed by atoms with Crippen molar-refractivity contribution in [2.75, 3.05) is 28.8 Å². The first-order chi connectivity index (χ1) is 20.1.